The van der Waals surface area contributed by atoms with E-state index in [1.807, 2.05) is 29.2 Å². The molecule has 7 nitrogen and oxygen atoms in total. The number of carbonyl (C=O) groups excluding carboxylic acids is 2. The van der Waals surface area contributed by atoms with Crippen molar-refractivity contribution < 1.29 is 9.59 Å². The fourth-order valence-corrected chi connectivity index (χ4v) is 3.08. The SMILES string of the molecule is CC(=O)Nc1ccc(C(=O)CC2=Nc3ccccc3C3=NCCN23)cn1. The number of nitrogens with one attached hydrogen (secondary N) is 1. The number of para-hydroxylation sites is 1. The van der Waals surface area contributed by atoms with Crippen LogP contribution in [-0.2, 0) is 4.79 Å². The summed E-state index contributed by atoms with van der Waals surface area (Å²) in [5, 5.41) is 2.58. The Bertz CT molecular complexity index is 947. The predicted molar refractivity (Wildman–Crippen MR) is 99.1 cm³/mol. The number of rotatable bonds is 4. The standard InChI is InChI=1S/C19H17N5O2/c1-12(25)22-17-7-6-13(11-21-17)16(26)10-18-23-15-5-3-2-4-14(15)19-20-8-9-24(18)19/h2-7,11H,8-10H2,1H3,(H,21,22,25). The molecule has 0 radical (unpaired) electrons. The second-order valence-electron chi connectivity index (χ2n) is 6.12. The van der Waals surface area contributed by atoms with E-state index >= 15 is 0 Å². The molecule has 1 N–H and O–H groups in total. The Morgan fingerprint density at radius 2 is 2.04 bits per heavy atom. The predicted octanol–water partition coefficient (Wildman–Crippen LogP) is 2.42. The van der Waals surface area contributed by atoms with E-state index in [9.17, 15) is 9.59 Å². The summed E-state index contributed by atoms with van der Waals surface area (Å²) < 4.78 is 0. The number of pyridine rings is 1. The molecule has 0 saturated heterocycles. The van der Waals surface area contributed by atoms with Crippen LogP contribution in [0.5, 0.6) is 0 Å². The van der Waals surface area contributed by atoms with Gasteiger partial charge in [-0.15, -0.1) is 0 Å². The lowest BCUT2D eigenvalue weighted by Gasteiger charge is -2.27. The van der Waals surface area contributed by atoms with E-state index < -0.39 is 0 Å². The van der Waals surface area contributed by atoms with Gasteiger partial charge >= 0.3 is 0 Å². The molecular formula is C19H17N5O2. The van der Waals surface area contributed by atoms with E-state index in [1.54, 1.807) is 12.1 Å². The molecule has 2 aromatic rings. The Kier molecular flexibility index (Phi) is 4.04. The number of aliphatic imine (C=N–C) groups is 2. The molecule has 2 aliphatic rings. The number of hydrogen-bond donors (Lipinski definition) is 1. The molecular weight excluding hydrogens is 330 g/mol. The van der Waals surface area contributed by atoms with Crippen molar-refractivity contribution in [1.82, 2.24) is 9.88 Å². The van der Waals surface area contributed by atoms with Gasteiger partial charge in [-0.25, -0.2) is 9.98 Å². The van der Waals surface area contributed by atoms with Gasteiger partial charge in [0, 0.05) is 30.8 Å². The lowest BCUT2D eigenvalue weighted by atomic mass is 10.1. The Morgan fingerprint density at radius 3 is 2.81 bits per heavy atom. The highest BCUT2D eigenvalue weighted by Gasteiger charge is 2.30. The normalized spacial score (nSPS) is 14.9. The largest absolute Gasteiger partial charge is 0.312 e. The minimum Gasteiger partial charge on any atom is -0.312 e. The number of Topliss-reactive ketones (excluding diaryl/α,β-unsaturated/α-hetero) is 1. The molecule has 4 rings (SSSR count). The fourth-order valence-electron chi connectivity index (χ4n) is 3.08. The number of hydrogen-bond acceptors (Lipinski definition) is 6. The van der Waals surface area contributed by atoms with Gasteiger partial charge in [-0.3, -0.25) is 14.6 Å². The second kappa shape index (κ2) is 6.51. The number of nitrogens with zero attached hydrogens (tertiary/aromatic N) is 4. The Labute approximate surface area is 150 Å². The lowest BCUT2D eigenvalue weighted by molar-refractivity contribution is -0.114. The van der Waals surface area contributed by atoms with Crippen molar-refractivity contribution in [3.63, 3.8) is 0 Å². The first-order chi connectivity index (χ1) is 12.6. The molecule has 0 bridgehead atoms. The number of amidine groups is 2. The number of aromatic nitrogens is 1. The van der Waals surface area contributed by atoms with E-state index in [2.05, 4.69) is 20.3 Å². The van der Waals surface area contributed by atoms with Crippen molar-refractivity contribution in [2.24, 2.45) is 9.98 Å². The number of anilines is 1. The third-order valence-corrected chi connectivity index (χ3v) is 4.26. The quantitative estimate of drug-likeness (QED) is 0.861. The van der Waals surface area contributed by atoms with Crippen LogP contribution in [0.2, 0.25) is 0 Å². The van der Waals surface area contributed by atoms with E-state index in [-0.39, 0.29) is 18.1 Å². The van der Waals surface area contributed by atoms with Crippen molar-refractivity contribution in [3.05, 3.63) is 53.7 Å². The van der Waals surface area contributed by atoms with Gasteiger partial charge in [0.05, 0.1) is 18.7 Å². The summed E-state index contributed by atoms with van der Waals surface area (Å²) >= 11 is 0. The summed E-state index contributed by atoms with van der Waals surface area (Å²) in [6, 6.07) is 11.1. The summed E-state index contributed by atoms with van der Waals surface area (Å²) in [5.41, 5.74) is 2.33. The second-order valence-corrected chi connectivity index (χ2v) is 6.12. The van der Waals surface area contributed by atoms with E-state index in [1.165, 1.54) is 13.1 Å². The molecule has 2 aliphatic heterocycles. The molecule has 0 atom stereocenters. The minimum absolute atomic E-state index is 0.0729. The topological polar surface area (TPSA) is 87.0 Å². The van der Waals surface area contributed by atoms with Gasteiger partial charge in [0.1, 0.15) is 17.5 Å². The van der Waals surface area contributed by atoms with Crippen LogP contribution >= 0.6 is 0 Å². The average molecular weight is 347 g/mol. The van der Waals surface area contributed by atoms with Crippen molar-refractivity contribution in [2.75, 3.05) is 18.4 Å². The van der Waals surface area contributed by atoms with E-state index in [4.69, 9.17) is 0 Å². The molecule has 0 spiro atoms. The molecule has 130 valence electrons. The highest BCUT2D eigenvalue weighted by Crippen LogP contribution is 2.29. The molecule has 0 fully saturated rings. The summed E-state index contributed by atoms with van der Waals surface area (Å²) in [7, 11) is 0. The number of benzene rings is 1. The number of fused-ring (bicyclic) bond motifs is 3. The monoisotopic (exact) mass is 347 g/mol. The first-order valence-electron chi connectivity index (χ1n) is 8.37. The minimum atomic E-state index is -0.201. The first kappa shape index (κ1) is 16.1. The highest BCUT2D eigenvalue weighted by atomic mass is 16.1. The summed E-state index contributed by atoms with van der Waals surface area (Å²) in [6.07, 6.45) is 1.65. The highest BCUT2D eigenvalue weighted by molar-refractivity contribution is 6.20. The molecule has 1 amide bonds. The van der Waals surface area contributed by atoms with Crippen molar-refractivity contribution in [1.29, 1.82) is 0 Å². The summed E-state index contributed by atoms with van der Waals surface area (Å²) in [4.78, 5) is 39.1. The Balaban J connectivity index is 1.57. The van der Waals surface area contributed by atoms with Gasteiger partial charge < -0.3 is 10.2 Å². The number of ketones is 1. The molecule has 1 aromatic heterocycles. The first-order valence-corrected chi connectivity index (χ1v) is 8.37. The van der Waals surface area contributed by atoms with E-state index in [0.29, 0.717) is 23.8 Å². The average Bonchev–Trinajstić information content (AvgIpc) is 3.12. The van der Waals surface area contributed by atoms with Crippen LogP contribution < -0.4 is 5.32 Å². The summed E-state index contributed by atoms with van der Waals surface area (Å²) in [5.74, 6) is 1.74. The van der Waals surface area contributed by atoms with Gasteiger partial charge in [0.25, 0.3) is 0 Å². The van der Waals surface area contributed by atoms with Crippen LogP contribution in [-0.4, -0.2) is 46.3 Å². The molecule has 7 heteroatoms. The Hall–Kier alpha value is -3.35. The van der Waals surface area contributed by atoms with Crippen LogP contribution in [0.15, 0.2) is 52.6 Å². The van der Waals surface area contributed by atoms with Gasteiger partial charge in [-0.1, -0.05) is 12.1 Å². The zero-order valence-corrected chi connectivity index (χ0v) is 14.3. The van der Waals surface area contributed by atoms with Crippen LogP contribution in [0, 0.1) is 0 Å². The third-order valence-electron chi connectivity index (χ3n) is 4.26. The summed E-state index contributed by atoms with van der Waals surface area (Å²) in [6.45, 7) is 2.84. The maximum absolute atomic E-state index is 12.7. The molecule has 1 aromatic carbocycles. The van der Waals surface area contributed by atoms with Crippen molar-refractivity contribution in [2.45, 2.75) is 13.3 Å². The third kappa shape index (κ3) is 2.99. The Morgan fingerprint density at radius 1 is 1.19 bits per heavy atom. The smallest absolute Gasteiger partial charge is 0.222 e. The zero-order valence-electron chi connectivity index (χ0n) is 14.3. The van der Waals surface area contributed by atoms with Crippen molar-refractivity contribution >= 4 is 34.9 Å². The lowest BCUT2D eigenvalue weighted by Crippen LogP contribution is -2.38. The van der Waals surface area contributed by atoms with Gasteiger partial charge in [-0.2, -0.15) is 0 Å². The van der Waals surface area contributed by atoms with Gasteiger partial charge in [0.15, 0.2) is 5.78 Å². The van der Waals surface area contributed by atoms with Crippen LogP contribution in [0.1, 0.15) is 29.3 Å². The fraction of sp³-hybridized carbons (Fsp3) is 0.211. The van der Waals surface area contributed by atoms with Crippen LogP contribution in [0.3, 0.4) is 0 Å². The van der Waals surface area contributed by atoms with Gasteiger partial charge in [-0.05, 0) is 24.3 Å². The molecule has 0 unspecified atom stereocenters. The maximum atomic E-state index is 12.7. The van der Waals surface area contributed by atoms with Crippen molar-refractivity contribution in [3.8, 4) is 0 Å². The number of carbonyl (C=O) groups is 2. The molecule has 0 aliphatic carbocycles. The molecule has 3 heterocycles. The molecule has 26 heavy (non-hydrogen) atoms. The van der Waals surface area contributed by atoms with Crippen LogP contribution in [0.4, 0.5) is 11.5 Å². The zero-order chi connectivity index (χ0) is 18.1. The van der Waals surface area contributed by atoms with Crippen LogP contribution in [0.25, 0.3) is 0 Å². The number of amides is 1. The maximum Gasteiger partial charge on any atom is 0.222 e. The van der Waals surface area contributed by atoms with E-state index in [0.717, 1.165) is 23.6 Å². The molecule has 0 saturated carbocycles. The van der Waals surface area contributed by atoms with Gasteiger partial charge in [0.2, 0.25) is 5.91 Å².